The molecule has 0 aromatic rings. The highest BCUT2D eigenvalue weighted by Crippen LogP contribution is 1.79. The second-order valence-electron chi connectivity index (χ2n) is 3.39. The lowest BCUT2D eigenvalue weighted by Crippen LogP contribution is -2.35. The Kier molecular flexibility index (Phi) is 9.51. The van der Waals surface area contributed by atoms with Crippen molar-refractivity contribution < 1.29 is 23.9 Å². The van der Waals surface area contributed by atoms with Gasteiger partial charge in [-0.25, -0.2) is 0 Å². The van der Waals surface area contributed by atoms with Crippen LogP contribution in [0.25, 0.3) is 0 Å². The van der Waals surface area contributed by atoms with Gasteiger partial charge in [-0.1, -0.05) is 0 Å². The summed E-state index contributed by atoms with van der Waals surface area (Å²) >= 11 is 0. The Balaban J connectivity index is 3.22. The van der Waals surface area contributed by atoms with Crippen molar-refractivity contribution in [3.63, 3.8) is 0 Å². The Bertz CT molecular complexity index is 283. The third-order valence-electron chi connectivity index (χ3n) is 1.69. The minimum absolute atomic E-state index is 0.110. The molecule has 0 heterocycles. The van der Waals surface area contributed by atoms with E-state index in [9.17, 15) is 14.4 Å². The van der Waals surface area contributed by atoms with Crippen LogP contribution in [0.15, 0.2) is 0 Å². The van der Waals surface area contributed by atoms with Crippen molar-refractivity contribution in [3.05, 3.63) is 0 Å². The van der Waals surface area contributed by atoms with Crippen molar-refractivity contribution in [2.24, 2.45) is 5.73 Å². The summed E-state index contributed by atoms with van der Waals surface area (Å²) in [5.74, 6) is -1.13. The number of hydrogen-bond acceptors (Lipinski definition) is 5. The smallest absolute Gasteiger partial charge is 0.246 e. The van der Waals surface area contributed by atoms with E-state index in [1.54, 1.807) is 0 Å². The van der Waals surface area contributed by atoms with Crippen LogP contribution in [0.2, 0.25) is 0 Å². The van der Waals surface area contributed by atoms with Crippen LogP contribution in [0.5, 0.6) is 0 Å². The molecule has 4 N–H and O–H groups in total. The lowest BCUT2D eigenvalue weighted by Gasteiger charge is -2.06. The first-order valence-electron chi connectivity index (χ1n) is 5.47. The Morgan fingerprint density at radius 2 is 1.72 bits per heavy atom. The highest BCUT2D eigenvalue weighted by Gasteiger charge is 2.02. The van der Waals surface area contributed by atoms with E-state index in [1.807, 2.05) is 0 Å². The molecule has 104 valence electrons. The van der Waals surface area contributed by atoms with Gasteiger partial charge < -0.3 is 25.8 Å². The summed E-state index contributed by atoms with van der Waals surface area (Å²) in [6, 6.07) is 0. The van der Waals surface area contributed by atoms with Gasteiger partial charge in [0.2, 0.25) is 17.7 Å². The Morgan fingerprint density at radius 3 is 2.33 bits per heavy atom. The fourth-order valence-corrected chi connectivity index (χ4v) is 0.921. The number of hydrogen-bond donors (Lipinski definition) is 3. The van der Waals surface area contributed by atoms with Crippen LogP contribution in [0, 0.1) is 0 Å². The van der Waals surface area contributed by atoms with Crippen LogP contribution in [0.1, 0.15) is 6.92 Å². The van der Waals surface area contributed by atoms with Crippen LogP contribution in [0.3, 0.4) is 0 Å². The van der Waals surface area contributed by atoms with Crippen LogP contribution < -0.4 is 16.4 Å². The summed E-state index contributed by atoms with van der Waals surface area (Å²) in [6.45, 7) is 2.48. The molecule has 0 aromatic carbocycles. The zero-order valence-corrected chi connectivity index (χ0v) is 10.4. The van der Waals surface area contributed by atoms with E-state index in [2.05, 4.69) is 10.6 Å². The molecule has 0 spiro atoms. The molecule has 8 nitrogen and oxygen atoms in total. The maximum absolute atomic E-state index is 11.0. The molecule has 0 aliphatic heterocycles. The van der Waals surface area contributed by atoms with Crippen molar-refractivity contribution in [1.29, 1.82) is 0 Å². The third-order valence-corrected chi connectivity index (χ3v) is 1.69. The predicted molar refractivity (Wildman–Crippen MR) is 62.5 cm³/mol. The van der Waals surface area contributed by atoms with Crippen molar-refractivity contribution in [2.45, 2.75) is 6.92 Å². The van der Waals surface area contributed by atoms with E-state index < -0.39 is 11.8 Å². The van der Waals surface area contributed by atoms with Crippen molar-refractivity contribution in [3.8, 4) is 0 Å². The van der Waals surface area contributed by atoms with Crippen molar-refractivity contribution in [2.75, 3.05) is 39.5 Å². The van der Waals surface area contributed by atoms with Gasteiger partial charge in [-0.2, -0.15) is 0 Å². The second kappa shape index (κ2) is 10.5. The Morgan fingerprint density at radius 1 is 1.06 bits per heavy atom. The van der Waals surface area contributed by atoms with E-state index in [0.29, 0.717) is 19.8 Å². The quantitative estimate of drug-likeness (QED) is 0.384. The van der Waals surface area contributed by atoms with E-state index >= 15 is 0 Å². The molecule has 0 aliphatic carbocycles. The first kappa shape index (κ1) is 16.3. The first-order valence-corrected chi connectivity index (χ1v) is 5.47. The van der Waals surface area contributed by atoms with E-state index in [1.165, 1.54) is 6.92 Å². The monoisotopic (exact) mass is 261 g/mol. The average molecular weight is 261 g/mol. The Labute approximate surface area is 105 Å². The molecule has 0 unspecified atom stereocenters. The van der Waals surface area contributed by atoms with E-state index in [0.717, 1.165) is 0 Å². The van der Waals surface area contributed by atoms with Crippen LogP contribution in [-0.4, -0.2) is 57.2 Å². The maximum Gasteiger partial charge on any atom is 0.246 e. The van der Waals surface area contributed by atoms with Crippen LogP contribution >= 0.6 is 0 Å². The molecule has 0 rings (SSSR count). The van der Waals surface area contributed by atoms with Gasteiger partial charge in [0, 0.05) is 13.5 Å². The van der Waals surface area contributed by atoms with Crippen LogP contribution in [0.4, 0.5) is 0 Å². The molecular formula is C10H19N3O5. The number of ether oxygens (including phenoxy) is 2. The topological polar surface area (TPSA) is 120 Å². The molecule has 0 saturated carbocycles. The minimum Gasteiger partial charge on any atom is -0.377 e. The van der Waals surface area contributed by atoms with Gasteiger partial charge in [0.15, 0.2) is 0 Å². The fraction of sp³-hybridized carbons (Fsp3) is 0.700. The standard InChI is InChI=1S/C10H19N3O5/c1-8(14)12-2-3-17-4-5-18-7-10(16)13-6-9(11)15/h2-7H2,1H3,(H2,11,15)(H,12,14)(H,13,16). The largest absolute Gasteiger partial charge is 0.377 e. The summed E-state index contributed by atoms with van der Waals surface area (Å²) in [5.41, 5.74) is 4.84. The molecule has 18 heavy (non-hydrogen) atoms. The summed E-state index contributed by atoms with van der Waals surface area (Å²) in [7, 11) is 0. The van der Waals surface area contributed by atoms with Gasteiger partial charge in [0.1, 0.15) is 6.61 Å². The average Bonchev–Trinajstić information content (AvgIpc) is 2.29. The molecule has 3 amide bonds. The Hall–Kier alpha value is -1.67. The third kappa shape index (κ3) is 12.4. The number of nitrogens with two attached hydrogens (primary N) is 1. The number of nitrogens with one attached hydrogen (secondary N) is 2. The summed E-state index contributed by atoms with van der Waals surface area (Å²) < 4.78 is 10.1. The highest BCUT2D eigenvalue weighted by molar-refractivity contribution is 5.84. The number of amides is 3. The number of carbonyl (C=O) groups excluding carboxylic acids is 3. The van der Waals surface area contributed by atoms with Crippen LogP contribution in [-0.2, 0) is 23.9 Å². The van der Waals surface area contributed by atoms with Gasteiger partial charge in [-0.15, -0.1) is 0 Å². The zero-order chi connectivity index (χ0) is 13.8. The molecular weight excluding hydrogens is 242 g/mol. The molecule has 0 bridgehead atoms. The number of rotatable bonds is 10. The summed E-state index contributed by atoms with van der Waals surface area (Å²) in [6.07, 6.45) is 0. The normalized spacial score (nSPS) is 9.83. The molecule has 8 heteroatoms. The molecule has 0 radical (unpaired) electrons. The van der Waals surface area contributed by atoms with E-state index in [4.69, 9.17) is 15.2 Å². The van der Waals surface area contributed by atoms with Crippen molar-refractivity contribution >= 4 is 17.7 Å². The van der Waals surface area contributed by atoms with Gasteiger partial charge in [-0.3, -0.25) is 14.4 Å². The maximum atomic E-state index is 11.0. The minimum atomic E-state index is -0.607. The molecule has 0 atom stereocenters. The van der Waals surface area contributed by atoms with Gasteiger partial charge in [-0.05, 0) is 0 Å². The second-order valence-corrected chi connectivity index (χ2v) is 3.39. The molecule has 0 saturated heterocycles. The SMILES string of the molecule is CC(=O)NCCOCCOCC(=O)NCC(N)=O. The molecule has 0 aliphatic rings. The van der Waals surface area contributed by atoms with Gasteiger partial charge in [0.05, 0.1) is 26.4 Å². The predicted octanol–water partition coefficient (Wildman–Crippen LogP) is -2.24. The highest BCUT2D eigenvalue weighted by atomic mass is 16.5. The lowest BCUT2D eigenvalue weighted by atomic mass is 10.5. The van der Waals surface area contributed by atoms with Crippen molar-refractivity contribution in [1.82, 2.24) is 10.6 Å². The molecule has 0 fully saturated rings. The van der Waals surface area contributed by atoms with Gasteiger partial charge >= 0.3 is 0 Å². The first-order chi connectivity index (χ1) is 8.52. The summed E-state index contributed by atoms with van der Waals surface area (Å²) in [5, 5.41) is 4.85. The summed E-state index contributed by atoms with van der Waals surface area (Å²) in [4.78, 5) is 31.9. The molecule has 0 aromatic heterocycles. The fourth-order valence-electron chi connectivity index (χ4n) is 0.921. The zero-order valence-electron chi connectivity index (χ0n) is 10.4. The van der Waals surface area contributed by atoms with E-state index in [-0.39, 0.29) is 25.7 Å². The number of carbonyl (C=O) groups is 3. The lowest BCUT2D eigenvalue weighted by molar-refractivity contribution is -0.128. The van der Waals surface area contributed by atoms with Gasteiger partial charge in [0.25, 0.3) is 0 Å². The number of primary amides is 1.